The predicted molar refractivity (Wildman–Crippen MR) is 77.6 cm³/mol. The molecule has 5 heteroatoms. The number of carboxylic acid groups (broad SMARTS) is 1. The lowest BCUT2D eigenvalue weighted by atomic mass is 10.1. The first kappa shape index (κ1) is 18.0. The number of aromatic hydroxyl groups is 1. The van der Waals surface area contributed by atoms with Crippen molar-refractivity contribution in [2.24, 2.45) is 0 Å². The van der Waals surface area contributed by atoms with Crippen LogP contribution in [0.4, 0.5) is 0 Å². The molecule has 0 radical (unpaired) electrons. The van der Waals surface area contributed by atoms with Crippen LogP contribution in [0.1, 0.15) is 39.2 Å². The molecule has 0 fully saturated rings. The van der Waals surface area contributed by atoms with Crippen molar-refractivity contribution in [2.45, 2.75) is 46.1 Å². The van der Waals surface area contributed by atoms with Crippen LogP contribution < -0.4 is 5.32 Å². The highest BCUT2D eigenvalue weighted by molar-refractivity contribution is 5.83. The zero-order chi connectivity index (χ0) is 15.5. The average Bonchev–Trinajstić information content (AvgIpc) is 2.43. The number of benzene rings is 1. The molecule has 5 nitrogen and oxygen atoms in total. The van der Waals surface area contributed by atoms with Crippen LogP contribution in [0.3, 0.4) is 0 Å². The number of carboxylic acids is 1. The molecule has 0 aliphatic rings. The number of carbonyl (C=O) groups is 2. The van der Waals surface area contributed by atoms with Gasteiger partial charge in [-0.1, -0.05) is 32.9 Å². The number of aliphatic carboxylic acids is 1. The van der Waals surface area contributed by atoms with Gasteiger partial charge >= 0.3 is 5.97 Å². The fourth-order valence-electron chi connectivity index (χ4n) is 1.56. The summed E-state index contributed by atoms with van der Waals surface area (Å²) >= 11 is 0. The Morgan fingerprint density at radius 1 is 1.20 bits per heavy atom. The monoisotopic (exact) mass is 281 g/mol. The zero-order valence-corrected chi connectivity index (χ0v) is 12.2. The summed E-state index contributed by atoms with van der Waals surface area (Å²) in [5.41, 5.74) is 0.747. The number of amides is 1. The number of rotatable bonds is 6. The minimum atomic E-state index is -1.06. The van der Waals surface area contributed by atoms with E-state index >= 15 is 0 Å². The Balaban J connectivity index is 0.00000172. The minimum absolute atomic E-state index is 0.126. The lowest BCUT2D eigenvalue weighted by molar-refractivity contribution is -0.141. The largest absolute Gasteiger partial charge is 0.508 e. The van der Waals surface area contributed by atoms with Crippen molar-refractivity contribution in [2.75, 3.05) is 0 Å². The van der Waals surface area contributed by atoms with E-state index in [-0.39, 0.29) is 18.1 Å². The van der Waals surface area contributed by atoms with Crippen LogP contribution >= 0.6 is 0 Å². The van der Waals surface area contributed by atoms with Crippen LogP contribution in [0.5, 0.6) is 5.75 Å². The molecule has 0 aliphatic carbocycles. The summed E-state index contributed by atoms with van der Waals surface area (Å²) in [4.78, 5) is 22.4. The molecule has 0 heterocycles. The van der Waals surface area contributed by atoms with Gasteiger partial charge in [0.1, 0.15) is 11.8 Å². The third-order valence-corrected chi connectivity index (χ3v) is 2.49. The Morgan fingerprint density at radius 3 is 2.20 bits per heavy atom. The van der Waals surface area contributed by atoms with Gasteiger partial charge in [-0.2, -0.15) is 0 Å². The number of carbonyl (C=O) groups excluding carboxylic acids is 1. The fraction of sp³-hybridized carbons (Fsp3) is 0.467. The molecule has 1 rings (SSSR count). The standard InChI is InChI=1S/C13H17NO4.C2H6/c1-2-3-12(16)14-11(13(17)18)8-9-4-6-10(15)7-5-9;1-2/h4-7,11,15H,2-3,8H2,1H3,(H,14,16)(H,17,18);1-2H3. The van der Waals surface area contributed by atoms with Crippen LogP contribution in [0, 0.1) is 0 Å². The second kappa shape index (κ2) is 9.83. The van der Waals surface area contributed by atoms with Crippen LogP contribution in [-0.2, 0) is 16.0 Å². The molecule has 0 saturated heterocycles. The van der Waals surface area contributed by atoms with Gasteiger partial charge in [-0.05, 0) is 24.1 Å². The lowest BCUT2D eigenvalue weighted by Gasteiger charge is -2.14. The van der Waals surface area contributed by atoms with E-state index in [1.807, 2.05) is 20.8 Å². The summed E-state index contributed by atoms with van der Waals surface area (Å²) < 4.78 is 0. The molecule has 0 aliphatic heterocycles. The number of phenols is 1. The lowest BCUT2D eigenvalue weighted by Crippen LogP contribution is -2.42. The predicted octanol–water partition coefficient (Wildman–Crippen LogP) is 2.33. The van der Waals surface area contributed by atoms with Gasteiger partial charge in [-0.15, -0.1) is 0 Å². The first-order chi connectivity index (χ1) is 9.52. The molecule has 112 valence electrons. The van der Waals surface area contributed by atoms with Crippen molar-refractivity contribution >= 4 is 11.9 Å². The van der Waals surface area contributed by atoms with Crippen LogP contribution in [-0.4, -0.2) is 28.1 Å². The Bertz CT molecular complexity index is 414. The summed E-state index contributed by atoms with van der Waals surface area (Å²) in [5, 5.41) is 20.7. The van der Waals surface area contributed by atoms with Gasteiger partial charge < -0.3 is 15.5 Å². The molecule has 1 atom stereocenters. The van der Waals surface area contributed by atoms with Crippen molar-refractivity contribution in [3.63, 3.8) is 0 Å². The van der Waals surface area contributed by atoms with Crippen molar-refractivity contribution in [1.82, 2.24) is 5.32 Å². The van der Waals surface area contributed by atoms with Crippen LogP contribution in [0.15, 0.2) is 24.3 Å². The Kier molecular flexibility index (Phi) is 8.83. The van der Waals surface area contributed by atoms with Crippen molar-refractivity contribution in [3.05, 3.63) is 29.8 Å². The van der Waals surface area contributed by atoms with Crippen LogP contribution in [0.25, 0.3) is 0 Å². The van der Waals surface area contributed by atoms with Gasteiger partial charge in [-0.25, -0.2) is 4.79 Å². The molecule has 20 heavy (non-hydrogen) atoms. The maximum atomic E-state index is 11.4. The Labute approximate surface area is 119 Å². The molecule has 0 spiro atoms. The number of hydrogen-bond donors (Lipinski definition) is 3. The van der Waals surface area contributed by atoms with Crippen LogP contribution in [0.2, 0.25) is 0 Å². The first-order valence-corrected chi connectivity index (χ1v) is 6.83. The molecule has 1 amide bonds. The SMILES string of the molecule is CC.CCCC(=O)NC(Cc1ccc(O)cc1)C(=O)O. The quantitative estimate of drug-likeness (QED) is 0.747. The van der Waals surface area contributed by atoms with E-state index in [9.17, 15) is 9.59 Å². The van der Waals surface area contributed by atoms with E-state index in [0.717, 1.165) is 5.56 Å². The first-order valence-electron chi connectivity index (χ1n) is 6.83. The van der Waals surface area contributed by atoms with Gasteiger partial charge in [0, 0.05) is 12.8 Å². The Hall–Kier alpha value is -2.04. The smallest absolute Gasteiger partial charge is 0.326 e. The van der Waals surface area contributed by atoms with E-state index in [1.165, 1.54) is 12.1 Å². The third-order valence-electron chi connectivity index (χ3n) is 2.49. The minimum Gasteiger partial charge on any atom is -0.508 e. The zero-order valence-electron chi connectivity index (χ0n) is 12.2. The average molecular weight is 281 g/mol. The highest BCUT2D eigenvalue weighted by Gasteiger charge is 2.19. The van der Waals surface area contributed by atoms with Crippen molar-refractivity contribution in [3.8, 4) is 5.75 Å². The molecule has 0 saturated carbocycles. The second-order valence-corrected chi connectivity index (χ2v) is 4.08. The van der Waals surface area contributed by atoms with E-state index in [2.05, 4.69) is 5.32 Å². The van der Waals surface area contributed by atoms with Gasteiger partial charge in [0.15, 0.2) is 0 Å². The molecule has 3 N–H and O–H groups in total. The summed E-state index contributed by atoms with van der Waals surface area (Å²) in [7, 11) is 0. The van der Waals surface area contributed by atoms with E-state index in [1.54, 1.807) is 12.1 Å². The fourth-order valence-corrected chi connectivity index (χ4v) is 1.56. The summed E-state index contributed by atoms with van der Waals surface area (Å²) in [6, 6.07) is 5.31. The topological polar surface area (TPSA) is 86.6 Å². The number of hydrogen-bond acceptors (Lipinski definition) is 3. The highest BCUT2D eigenvalue weighted by Crippen LogP contribution is 2.11. The molecular formula is C15H23NO4. The molecule has 1 aromatic carbocycles. The summed E-state index contributed by atoms with van der Waals surface area (Å²) in [5.74, 6) is -1.20. The normalized spacial score (nSPS) is 10.9. The van der Waals surface area contributed by atoms with Gasteiger partial charge in [0.2, 0.25) is 5.91 Å². The van der Waals surface area contributed by atoms with Crippen molar-refractivity contribution in [1.29, 1.82) is 0 Å². The maximum absolute atomic E-state index is 11.4. The molecule has 0 bridgehead atoms. The van der Waals surface area contributed by atoms with Gasteiger partial charge in [0.25, 0.3) is 0 Å². The highest BCUT2D eigenvalue weighted by atomic mass is 16.4. The number of phenolic OH excluding ortho intramolecular Hbond substituents is 1. The van der Waals surface area contributed by atoms with E-state index < -0.39 is 12.0 Å². The van der Waals surface area contributed by atoms with Crippen molar-refractivity contribution < 1.29 is 19.8 Å². The molecular weight excluding hydrogens is 258 g/mol. The van der Waals surface area contributed by atoms with Gasteiger partial charge in [0.05, 0.1) is 0 Å². The number of nitrogens with one attached hydrogen (secondary N) is 1. The van der Waals surface area contributed by atoms with E-state index in [4.69, 9.17) is 10.2 Å². The third kappa shape index (κ3) is 6.78. The summed E-state index contributed by atoms with van der Waals surface area (Å²) in [6.07, 6.45) is 1.20. The maximum Gasteiger partial charge on any atom is 0.326 e. The van der Waals surface area contributed by atoms with Gasteiger partial charge in [-0.3, -0.25) is 4.79 Å². The molecule has 1 aromatic rings. The molecule has 1 unspecified atom stereocenters. The molecule has 0 aromatic heterocycles. The van der Waals surface area contributed by atoms with E-state index in [0.29, 0.717) is 12.8 Å². The Morgan fingerprint density at radius 2 is 1.75 bits per heavy atom. The second-order valence-electron chi connectivity index (χ2n) is 4.08. The summed E-state index contributed by atoms with van der Waals surface area (Å²) in [6.45, 7) is 5.86.